The van der Waals surface area contributed by atoms with Crippen LogP contribution in [0.5, 0.6) is 5.88 Å². The van der Waals surface area contributed by atoms with Crippen molar-refractivity contribution in [2.24, 2.45) is 0 Å². The molecule has 0 radical (unpaired) electrons. The second-order valence-electron chi connectivity index (χ2n) is 3.47. The van der Waals surface area contributed by atoms with Crippen molar-refractivity contribution in [2.45, 2.75) is 25.9 Å². The number of methoxy groups -OCH3 is 1. The molecule has 0 amide bonds. The van der Waals surface area contributed by atoms with Crippen molar-refractivity contribution in [1.82, 2.24) is 9.97 Å². The van der Waals surface area contributed by atoms with Gasteiger partial charge in [-0.25, -0.2) is 4.98 Å². The van der Waals surface area contributed by atoms with E-state index >= 15 is 0 Å². The number of nitrogens with one attached hydrogen (secondary N) is 1. The molecule has 1 aromatic heterocycles. The van der Waals surface area contributed by atoms with Crippen molar-refractivity contribution >= 4 is 21.9 Å². The highest BCUT2D eigenvalue weighted by Gasteiger charge is 2.04. The third kappa shape index (κ3) is 4.32. The Kier molecular flexibility index (Phi) is 5.48. The quantitative estimate of drug-likeness (QED) is 0.782. The van der Waals surface area contributed by atoms with Crippen LogP contribution in [0.15, 0.2) is 10.7 Å². The average Bonchev–Trinajstić information content (AvgIpc) is 2.26. The first-order valence-corrected chi connectivity index (χ1v) is 5.91. The minimum Gasteiger partial charge on any atom is -0.480 e. The first kappa shape index (κ1) is 13.2. The third-order valence-corrected chi connectivity index (χ3v) is 2.53. The van der Waals surface area contributed by atoms with E-state index in [-0.39, 0.29) is 6.10 Å². The largest absolute Gasteiger partial charge is 0.480 e. The monoisotopic (exact) mass is 289 g/mol. The van der Waals surface area contributed by atoms with Gasteiger partial charge >= 0.3 is 0 Å². The van der Waals surface area contributed by atoms with Gasteiger partial charge in [-0.05, 0) is 35.7 Å². The normalized spacial score (nSPS) is 12.2. The van der Waals surface area contributed by atoms with Crippen LogP contribution in [0.3, 0.4) is 0 Å². The van der Waals surface area contributed by atoms with E-state index in [0.29, 0.717) is 11.8 Å². The van der Waals surface area contributed by atoms with E-state index < -0.39 is 0 Å². The number of anilines is 1. The zero-order valence-corrected chi connectivity index (χ0v) is 11.0. The lowest BCUT2D eigenvalue weighted by atomic mass is 10.2. The number of hydrogen-bond donors (Lipinski definition) is 2. The van der Waals surface area contributed by atoms with E-state index in [0.717, 1.165) is 23.9 Å². The summed E-state index contributed by atoms with van der Waals surface area (Å²) in [5.41, 5.74) is 0. The number of aliphatic hydroxyl groups excluding tert-OH is 1. The van der Waals surface area contributed by atoms with E-state index in [1.54, 1.807) is 20.2 Å². The topological polar surface area (TPSA) is 67.3 Å². The molecule has 1 aromatic rings. The summed E-state index contributed by atoms with van der Waals surface area (Å²) in [7, 11) is 1.56. The Labute approximate surface area is 103 Å². The van der Waals surface area contributed by atoms with Gasteiger partial charge in [-0.3, -0.25) is 0 Å². The highest BCUT2D eigenvalue weighted by atomic mass is 79.9. The second-order valence-corrected chi connectivity index (χ2v) is 4.32. The lowest BCUT2D eigenvalue weighted by molar-refractivity contribution is 0.183. The van der Waals surface area contributed by atoms with E-state index in [2.05, 4.69) is 31.2 Å². The van der Waals surface area contributed by atoms with Crippen LogP contribution >= 0.6 is 15.9 Å². The molecule has 16 heavy (non-hydrogen) atoms. The van der Waals surface area contributed by atoms with Gasteiger partial charge in [0, 0.05) is 6.54 Å². The van der Waals surface area contributed by atoms with Gasteiger partial charge in [-0.15, -0.1) is 0 Å². The molecule has 2 N–H and O–H groups in total. The number of aromatic nitrogens is 2. The van der Waals surface area contributed by atoms with Crippen molar-refractivity contribution in [2.75, 3.05) is 19.0 Å². The van der Waals surface area contributed by atoms with Gasteiger partial charge in [0.15, 0.2) is 0 Å². The zero-order valence-electron chi connectivity index (χ0n) is 9.40. The Hall–Kier alpha value is -0.880. The highest BCUT2D eigenvalue weighted by Crippen LogP contribution is 2.21. The van der Waals surface area contributed by atoms with Crippen LogP contribution in [0.1, 0.15) is 19.8 Å². The molecule has 0 bridgehead atoms. The molecule has 0 aliphatic rings. The molecule has 0 fully saturated rings. The van der Waals surface area contributed by atoms with Gasteiger partial charge in [0.05, 0.1) is 23.9 Å². The number of aliphatic hydroxyl groups is 1. The molecule has 1 heterocycles. The van der Waals surface area contributed by atoms with Crippen LogP contribution in [0.25, 0.3) is 0 Å². The maximum absolute atomic E-state index is 9.08. The number of ether oxygens (including phenoxy) is 1. The fourth-order valence-electron chi connectivity index (χ4n) is 1.18. The Morgan fingerprint density at radius 3 is 3.00 bits per heavy atom. The van der Waals surface area contributed by atoms with Gasteiger partial charge in [-0.1, -0.05) is 0 Å². The van der Waals surface area contributed by atoms with Crippen LogP contribution in [-0.2, 0) is 0 Å². The molecule has 1 rings (SSSR count). The Bertz CT molecular complexity index is 334. The summed E-state index contributed by atoms with van der Waals surface area (Å²) >= 11 is 3.28. The molecule has 0 aliphatic heterocycles. The fraction of sp³-hybridized carbons (Fsp3) is 0.600. The number of halogens is 1. The van der Waals surface area contributed by atoms with E-state index in [1.807, 2.05) is 0 Å². The molecule has 0 aromatic carbocycles. The maximum atomic E-state index is 9.08. The third-order valence-electron chi connectivity index (χ3n) is 1.99. The molecule has 1 atom stereocenters. The van der Waals surface area contributed by atoms with Crippen molar-refractivity contribution in [3.8, 4) is 5.88 Å². The summed E-state index contributed by atoms with van der Waals surface area (Å²) < 4.78 is 5.78. The highest BCUT2D eigenvalue weighted by molar-refractivity contribution is 9.10. The van der Waals surface area contributed by atoms with Crippen molar-refractivity contribution in [3.05, 3.63) is 10.7 Å². The summed E-state index contributed by atoms with van der Waals surface area (Å²) in [6, 6.07) is 0. The number of rotatable bonds is 6. The van der Waals surface area contributed by atoms with Gasteiger partial charge in [0.1, 0.15) is 0 Å². The molecule has 6 heteroatoms. The van der Waals surface area contributed by atoms with E-state index in [4.69, 9.17) is 9.84 Å². The van der Waals surface area contributed by atoms with Crippen LogP contribution in [-0.4, -0.2) is 34.8 Å². The van der Waals surface area contributed by atoms with Crippen LogP contribution in [0.2, 0.25) is 0 Å². The SMILES string of the molecule is COc1nc(NCCCC(C)O)ncc1Br. The first-order valence-electron chi connectivity index (χ1n) is 5.12. The van der Waals surface area contributed by atoms with E-state index in [1.165, 1.54) is 0 Å². The van der Waals surface area contributed by atoms with Gasteiger partial charge < -0.3 is 15.2 Å². The summed E-state index contributed by atoms with van der Waals surface area (Å²) in [6.07, 6.45) is 3.02. The Balaban J connectivity index is 2.42. The second kappa shape index (κ2) is 6.65. The Morgan fingerprint density at radius 1 is 1.62 bits per heavy atom. The van der Waals surface area contributed by atoms with Gasteiger partial charge in [-0.2, -0.15) is 4.98 Å². The standard InChI is InChI=1S/C10H16BrN3O2/c1-7(15)4-3-5-12-10-13-6-8(11)9(14-10)16-2/h6-7,15H,3-5H2,1-2H3,(H,12,13,14). The molecule has 5 nitrogen and oxygen atoms in total. The molecule has 0 saturated carbocycles. The minimum atomic E-state index is -0.262. The predicted octanol–water partition coefficient (Wildman–Crippen LogP) is 1.82. The van der Waals surface area contributed by atoms with Crippen molar-refractivity contribution in [1.29, 1.82) is 0 Å². The molecule has 1 unspecified atom stereocenters. The van der Waals surface area contributed by atoms with Gasteiger partial charge in [0.2, 0.25) is 11.8 Å². The molecule has 0 saturated heterocycles. The summed E-state index contributed by atoms with van der Waals surface area (Å²) in [4.78, 5) is 8.25. The first-order chi connectivity index (χ1) is 7.63. The average molecular weight is 290 g/mol. The van der Waals surface area contributed by atoms with Crippen molar-refractivity contribution < 1.29 is 9.84 Å². The van der Waals surface area contributed by atoms with Crippen LogP contribution in [0.4, 0.5) is 5.95 Å². The molecule has 0 spiro atoms. The number of hydrogen-bond acceptors (Lipinski definition) is 5. The summed E-state index contributed by atoms with van der Waals surface area (Å²) in [5, 5.41) is 12.2. The predicted molar refractivity (Wildman–Crippen MR) is 65.7 cm³/mol. The lowest BCUT2D eigenvalue weighted by Crippen LogP contribution is -2.09. The lowest BCUT2D eigenvalue weighted by Gasteiger charge is -2.07. The zero-order chi connectivity index (χ0) is 12.0. The van der Waals surface area contributed by atoms with Crippen LogP contribution in [0, 0.1) is 0 Å². The van der Waals surface area contributed by atoms with Crippen molar-refractivity contribution in [3.63, 3.8) is 0 Å². The molecule has 90 valence electrons. The fourth-order valence-corrected chi connectivity index (χ4v) is 1.53. The molecular formula is C10H16BrN3O2. The summed E-state index contributed by atoms with van der Waals surface area (Å²) in [6.45, 7) is 2.51. The van der Waals surface area contributed by atoms with Crippen LogP contribution < -0.4 is 10.1 Å². The Morgan fingerprint density at radius 2 is 2.38 bits per heavy atom. The minimum absolute atomic E-state index is 0.262. The maximum Gasteiger partial charge on any atom is 0.232 e. The molecule has 0 aliphatic carbocycles. The van der Waals surface area contributed by atoms with Gasteiger partial charge in [0.25, 0.3) is 0 Å². The summed E-state index contributed by atoms with van der Waals surface area (Å²) in [5.74, 6) is 1.04. The smallest absolute Gasteiger partial charge is 0.232 e. The van der Waals surface area contributed by atoms with E-state index in [9.17, 15) is 0 Å². The molecular weight excluding hydrogens is 274 g/mol. The number of nitrogens with zero attached hydrogens (tertiary/aromatic N) is 2.